The lowest BCUT2D eigenvalue weighted by Crippen LogP contribution is -2.00. The van der Waals surface area contributed by atoms with Crippen LogP contribution in [0, 0.1) is 0 Å². The highest BCUT2D eigenvalue weighted by Crippen LogP contribution is 2.47. The van der Waals surface area contributed by atoms with Crippen molar-refractivity contribution in [1.82, 2.24) is 0 Å². The van der Waals surface area contributed by atoms with Crippen molar-refractivity contribution in [2.24, 2.45) is 0 Å². The molecule has 0 nitrogen and oxygen atoms in total. The number of allylic oxidation sites excluding steroid dienone is 4. The van der Waals surface area contributed by atoms with Gasteiger partial charge in [0.25, 0.3) is 0 Å². The van der Waals surface area contributed by atoms with E-state index in [1.807, 2.05) is 45.3 Å². The molecule has 1 aliphatic carbocycles. The van der Waals surface area contributed by atoms with Crippen molar-refractivity contribution in [3.8, 4) is 0 Å². The smallest absolute Gasteiger partial charge is 0.0448 e. The minimum atomic E-state index is 0.354. The van der Waals surface area contributed by atoms with Crippen molar-refractivity contribution >= 4 is 132 Å². The lowest BCUT2D eigenvalue weighted by molar-refractivity contribution is 0.870. The van der Waals surface area contributed by atoms with Gasteiger partial charge in [-0.05, 0) is 77.7 Å². The van der Waals surface area contributed by atoms with E-state index in [4.69, 9.17) is 0 Å². The summed E-state index contributed by atoms with van der Waals surface area (Å²) in [6.45, 7) is 0. The molecular formula is C42H24S4. The third-order valence-electron chi connectivity index (χ3n) is 9.86. The highest BCUT2D eigenvalue weighted by atomic mass is 32.1. The van der Waals surface area contributed by atoms with Gasteiger partial charge in [0.2, 0.25) is 0 Å². The largest absolute Gasteiger partial charge is 0.135 e. The van der Waals surface area contributed by atoms with Gasteiger partial charge in [0.15, 0.2) is 0 Å². The second-order valence-corrected chi connectivity index (χ2v) is 16.7. The van der Waals surface area contributed by atoms with Gasteiger partial charge in [-0.2, -0.15) is 0 Å². The van der Waals surface area contributed by atoms with Crippen LogP contribution in [0.1, 0.15) is 23.5 Å². The number of rotatable bonds is 2. The first kappa shape index (κ1) is 25.8. The Morgan fingerprint density at radius 1 is 0.457 bits per heavy atom. The third kappa shape index (κ3) is 3.64. The Labute approximate surface area is 280 Å². The summed E-state index contributed by atoms with van der Waals surface area (Å²) in [5.41, 5.74) is 4.16. The molecule has 6 aromatic carbocycles. The van der Waals surface area contributed by atoms with Gasteiger partial charge in [0.1, 0.15) is 0 Å². The molecule has 1 unspecified atom stereocenters. The van der Waals surface area contributed by atoms with Gasteiger partial charge in [-0.1, -0.05) is 72.8 Å². The second kappa shape index (κ2) is 9.60. The number of hydrogen-bond donors (Lipinski definition) is 0. The van der Waals surface area contributed by atoms with Crippen LogP contribution in [0.5, 0.6) is 0 Å². The summed E-state index contributed by atoms with van der Waals surface area (Å²) in [5.74, 6) is 0.354. The first-order valence-corrected chi connectivity index (χ1v) is 18.9. The van der Waals surface area contributed by atoms with Crippen LogP contribution in [0.15, 0.2) is 127 Å². The Morgan fingerprint density at radius 2 is 1.07 bits per heavy atom. The van der Waals surface area contributed by atoms with Crippen LogP contribution < -0.4 is 0 Å². The molecule has 11 rings (SSSR count). The summed E-state index contributed by atoms with van der Waals surface area (Å²) in [6, 6.07) is 41.4. The standard InChI is InChI=1S/C42H24S4/c1-3-10-32-28(8-1)39-36(43-32)18-19-37-40(39)31-22-26(13-16-35(31)45-37)24-7-5-6-23(20-24)25-12-15-34-30(21-25)27-14-17-38-41(42(27)46-34)29-9-2-4-11-33(29)44-38/h1-19,21-23H,20H2. The fourth-order valence-corrected chi connectivity index (χ4v) is 12.3. The summed E-state index contributed by atoms with van der Waals surface area (Å²) in [5, 5.41) is 11.2. The molecule has 1 atom stereocenters. The molecule has 46 heavy (non-hydrogen) atoms. The van der Waals surface area contributed by atoms with E-state index < -0.39 is 0 Å². The monoisotopic (exact) mass is 656 g/mol. The SMILES string of the molecule is C1=CC(c2ccc3sc4c(ccc5sc6ccccc6c54)c3c2)CC(c2ccc3sc4ccc5sc6ccccc6c5c4c3c2)=C1. The minimum Gasteiger partial charge on any atom is -0.135 e. The molecule has 0 bridgehead atoms. The van der Waals surface area contributed by atoms with Gasteiger partial charge in [-0.15, -0.1) is 45.3 Å². The van der Waals surface area contributed by atoms with Crippen LogP contribution in [0.2, 0.25) is 0 Å². The maximum absolute atomic E-state index is 2.47. The van der Waals surface area contributed by atoms with Gasteiger partial charge in [0.05, 0.1) is 0 Å². The van der Waals surface area contributed by atoms with E-state index in [0.29, 0.717) is 5.92 Å². The number of hydrogen-bond acceptors (Lipinski definition) is 4. The highest BCUT2D eigenvalue weighted by Gasteiger charge is 2.20. The van der Waals surface area contributed by atoms with E-state index >= 15 is 0 Å². The summed E-state index contributed by atoms with van der Waals surface area (Å²) in [4.78, 5) is 0. The van der Waals surface area contributed by atoms with E-state index in [0.717, 1.165) is 6.42 Å². The highest BCUT2D eigenvalue weighted by molar-refractivity contribution is 7.30. The predicted molar refractivity (Wildman–Crippen MR) is 209 cm³/mol. The zero-order chi connectivity index (χ0) is 29.9. The van der Waals surface area contributed by atoms with Crippen LogP contribution in [0.25, 0.3) is 86.3 Å². The Morgan fingerprint density at radius 3 is 1.87 bits per heavy atom. The maximum Gasteiger partial charge on any atom is 0.0448 e. The molecule has 10 aromatic rings. The summed E-state index contributed by atoms with van der Waals surface area (Å²) >= 11 is 7.68. The Hall–Kier alpha value is -4.32. The van der Waals surface area contributed by atoms with E-state index in [2.05, 4.69) is 127 Å². The normalized spacial score (nSPS) is 15.6. The molecule has 0 radical (unpaired) electrons. The number of thiophene rings is 4. The summed E-state index contributed by atoms with van der Waals surface area (Å²) < 4.78 is 11.0. The van der Waals surface area contributed by atoms with Crippen LogP contribution in [0.3, 0.4) is 0 Å². The molecule has 1 aliphatic rings. The van der Waals surface area contributed by atoms with Crippen molar-refractivity contribution < 1.29 is 0 Å². The van der Waals surface area contributed by atoms with Gasteiger partial charge in [0, 0.05) is 86.6 Å². The molecule has 4 heterocycles. The van der Waals surface area contributed by atoms with Crippen LogP contribution in [-0.2, 0) is 0 Å². The van der Waals surface area contributed by atoms with E-state index in [-0.39, 0.29) is 0 Å². The van der Waals surface area contributed by atoms with Gasteiger partial charge >= 0.3 is 0 Å². The lowest BCUT2D eigenvalue weighted by Gasteiger charge is -2.20. The average molecular weight is 657 g/mol. The molecule has 0 saturated carbocycles. The van der Waals surface area contributed by atoms with Crippen molar-refractivity contribution in [2.45, 2.75) is 12.3 Å². The Balaban J connectivity index is 1.01. The number of benzene rings is 6. The van der Waals surface area contributed by atoms with Crippen LogP contribution in [0.4, 0.5) is 0 Å². The molecule has 0 N–H and O–H groups in total. The molecule has 0 fully saturated rings. The predicted octanol–water partition coefficient (Wildman–Crippen LogP) is 14.3. The summed E-state index contributed by atoms with van der Waals surface area (Å²) in [7, 11) is 0. The van der Waals surface area contributed by atoms with E-state index in [1.54, 1.807) is 0 Å². The van der Waals surface area contributed by atoms with Crippen molar-refractivity contribution in [3.63, 3.8) is 0 Å². The Kier molecular flexibility index (Phi) is 5.39. The van der Waals surface area contributed by atoms with E-state index in [9.17, 15) is 0 Å². The average Bonchev–Trinajstić information content (AvgIpc) is 3.86. The quantitative estimate of drug-likeness (QED) is 0.174. The van der Waals surface area contributed by atoms with Crippen molar-refractivity contribution in [2.75, 3.05) is 0 Å². The van der Waals surface area contributed by atoms with Gasteiger partial charge in [-0.25, -0.2) is 0 Å². The molecule has 4 aromatic heterocycles. The molecular weight excluding hydrogens is 633 g/mol. The fourth-order valence-electron chi connectivity index (χ4n) is 7.70. The molecule has 216 valence electrons. The molecule has 0 spiro atoms. The zero-order valence-corrected chi connectivity index (χ0v) is 27.8. The maximum atomic E-state index is 2.47. The third-order valence-corrected chi connectivity index (χ3v) is 14.5. The molecule has 0 saturated heterocycles. The molecule has 0 amide bonds. The first-order valence-electron chi connectivity index (χ1n) is 15.7. The summed E-state index contributed by atoms with van der Waals surface area (Å²) in [6.07, 6.45) is 8.01. The zero-order valence-electron chi connectivity index (χ0n) is 24.5. The molecule has 0 aliphatic heterocycles. The van der Waals surface area contributed by atoms with Crippen LogP contribution in [-0.4, -0.2) is 0 Å². The topological polar surface area (TPSA) is 0 Å². The lowest BCUT2D eigenvalue weighted by atomic mass is 9.85. The van der Waals surface area contributed by atoms with Gasteiger partial charge in [-0.3, -0.25) is 0 Å². The van der Waals surface area contributed by atoms with Crippen LogP contribution >= 0.6 is 45.3 Å². The Bertz CT molecular complexity index is 2950. The first-order chi connectivity index (χ1) is 22.8. The number of fused-ring (bicyclic) bond motifs is 14. The van der Waals surface area contributed by atoms with Crippen molar-refractivity contribution in [1.29, 1.82) is 0 Å². The van der Waals surface area contributed by atoms with Crippen molar-refractivity contribution in [3.05, 3.63) is 139 Å². The fraction of sp³-hybridized carbons (Fsp3) is 0.0476. The molecule has 4 heteroatoms. The van der Waals surface area contributed by atoms with Gasteiger partial charge < -0.3 is 0 Å². The van der Waals surface area contributed by atoms with E-state index in [1.165, 1.54) is 97.4 Å². The minimum absolute atomic E-state index is 0.354. The second-order valence-electron chi connectivity index (χ2n) is 12.4.